The van der Waals surface area contributed by atoms with Crippen LogP contribution < -0.4 is 5.73 Å². The molecule has 0 radical (unpaired) electrons. The van der Waals surface area contributed by atoms with Crippen LogP contribution in [0.25, 0.3) is 0 Å². The van der Waals surface area contributed by atoms with Gasteiger partial charge in [-0.15, -0.1) is 0 Å². The second-order valence-electron chi connectivity index (χ2n) is 6.48. The average molecular weight is 265 g/mol. The van der Waals surface area contributed by atoms with Crippen molar-refractivity contribution in [3.8, 4) is 0 Å². The quantitative estimate of drug-likeness (QED) is 0.879. The van der Waals surface area contributed by atoms with E-state index in [2.05, 4.69) is 56.3 Å². The van der Waals surface area contributed by atoms with Crippen molar-refractivity contribution in [1.29, 1.82) is 0 Å². The van der Waals surface area contributed by atoms with E-state index in [-0.39, 0.29) is 5.54 Å². The molecule has 0 fully saturated rings. The largest absolute Gasteiger partial charge is 0.324 e. The van der Waals surface area contributed by atoms with E-state index in [1.54, 1.807) is 0 Å². The Bertz CT molecular complexity index is 609. The molecule has 2 aromatic carbocycles. The highest BCUT2D eigenvalue weighted by molar-refractivity contribution is 5.35. The van der Waals surface area contributed by atoms with Crippen LogP contribution in [0.5, 0.6) is 0 Å². The molecule has 0 aliphatic heterocycles. The lowest BCUT2D eigenvalue weighted by Crippen LogP contribution is -2.47. The summed E-state index contributed by atoms with van der Waals surface area (Å²) >= 11 is 0. The molecule has 0 saturated heterocycles. The minimum atomic E-state index is -0.0887. The maximum absolute atomic E-state index is 6.71. The molecule has 0 saturated carbocycles. The second-order valence-corrected chi connectivity index (χ2v) is 6.48. The van der Waals surface area contributed by atoms with E-state index in [4.69, 9.17) is 5.73 Å². The van der Waals surface area contributed by atoms with Crippen molar-refractivity contribution in [3.05, 3.63) is 70.3 Å². The number of nitrogens with two attached hydrogens (primary N) is 1. The van der Waals surface area contributed by atoms with Crippen molar-refractivity contribution in [2.75, 3.05) is 0 Å². The number of aryl methyl sites for hydroxylation is 3. The van der Waals surface area contributed by atoms with Crippen LogP contribution in [0.3, 0.4) is 0 Å². The Morgan fingerprint density at radius 2 is 1.65 bits per heavy atom. The highest BCUT2D eigenvalue weighted by Crippen LogP contribution is 2.30. The van der Waals surface area contributed by atoms with E-state index in [9.17, 15) is 0 Å². The SMILES string of the molecule is Cc1cc(C)cc(CC2(N)CCc3ccccc3C2)c1. The Morgan fingerprint density at radius 3 is 2.35 bits per heavy atom. The van der Waals surface area contributed by atoms with Crippen LogP contribution in [0, 0.1) is 13.8 Å². The zero-order valence-corrected chi connectivity index (χ0v) is 12.4. The summed E-state index contributed by atoms with van der Waals surface area (Å²) in [4.78, 5) is 0. The van der Waals surface area contributed by atoms with Crippen molar-refractivity contribution in [2.24, 2.45) is 5.73 Å². The van der Waals surface area contributed by atoms with Gasteiger partial charge in [-0.05, 0) is 56.2 Å². The Kier molecular flexibility index (Phi) is 3.39. The third kappa shape index (κ3) is 2.78. The Morgan fingerprint density at radius 1 is 1.00 bits per heavy atom. The van der Waals surface area contributed by atoms with Crippen LogP contribution in [-0.4, -0.2) is 5.54 Å². The molecule has 0 aromatic heterocycles. The zero-order valence-electron chi connectivity index (χ0n) is 12.4. The van der Waals surface area contributed by atoms with E-state index in [0.29, 0.717) is 0 Å². The summed E-state index contributed by atoms with van der Waals surface area (Å²) in [5, 5.41) is 0. The molecule has 0 amide bonds. The second kappa shape index (κ2) is 5.06. The Hall–Kier alpha value is -1.60. The third-order valence-electron chi connectivity index (χ3n) is 4.39. The zero-order chi connectivity index (χ0) is 14.2. The van der Waals surface area contributed by atoms with Crippen LogP contribution in [0.4, 0.5) is 0 Å². The van der Waals surface area contributed by atoms with Gasteiger partial charge in [0.15, 0.2) is 0 Å². The van der Waals surface area contributed by atoms with Crippen molar-refractivity contribution in [2.45, 2.75) is 45.1 Å². The van der Waals surface area contributed by atoms with E-state index in [1.165, 1.54) is 27.8 Å². The summed E-state index contributed by atoms with van der Waals surface area (Å²) in [6.45, 7) is 4.33. The Balaban J connectivity index is 1.84. The Labute approximate surface area is 121 Å². The monoisotopic (exact) mass is 265 g/mol. The predicted molar refractivity (Wildman–Crippen MR) is 85.0 cm³/mol. The molecule has 20 heavy (non-hydrogen) atoms. The van der Waals surface area contributed by atoms with Crippen molar-refractivity contribution in [1.82, 2.24) is 0 Å². The molecule has 2 aromatic rings. The molecule has 1 heteroatoms. The lowest BCUT2D eigenvalue weighted by molar-refractivity contribution is 0.369. The molecule has 1 atom stereocenters. The molecule has 0 spiro atoms. The van der Waals surface area contributed by atoms with Gasteiger partial charge in [-0.3, -0.25) is 0 Å². The number of fused-ring (bicyclic) bond motifs is 1. The lowest BCUT2D eigenvalue weighted by Gasteiger charge is -2.35. The maximum Gasteiger partial charge on any atom is 0.0239 e. The van der Waals surface area contributed by atoms with E-state index >= 15 is 0 Å². The normalized spacial score (nSPS) is 21.6. The first-order chi connectivity index (χ1) is 9.54. The van der Waals surface area contributed by atoms with Gasteiger partial charge in [0.25, 0.3) is 0 Å². The highest BCUT2D eigenvalue weighted by atomic mass is 14.7. The molecule has 1 aliphatic carbocycles. The van der Waals surface area contributed by atoms with E-state index < -0.39 is 0 Å². The number of hydrogen-bond acceptors (Lipinski definition) is 1. The predicted octanol–water partition coefficient (Wildman–Crippen LogP) is 3.73. The maximum atomic E-state index is 6.71. The molecule has 2 N–H and O–H groups in total. The van der Waals surface area contributed by atoms with Gasteiger partial charge in [0.2, 0.25) is 0 Å². The van der Waals surface area contributed by atoms with Gasteiger partial charge in [-0.2, -0.15) is 0 Å². The van der Waals surface area contributed by atoms with Crippen molar-refractivity contribution in [3.63, 3.8) is 0 Å². The molecular weight excluding hydrogens is 242 g/mol. The topological polar surface area (TPSA) is 26.0 Å². The number of hydrogen-bond donors (Lipinski definition) is 1. The van der Waals surface area contributed by atoms with Gasteiger partial charge in [0.05, 0.1) is 0 Å². The van der Waals surface area contributed by atoms with Gasteiger partial charge in [0.1, 0.15) is 0 Å². The van der Waals surface area contributed by atoms with Crippen LogP contribution in [0.1, 0.15) is 34.2 Å². The van der Waals surface area contributed by atoms with E-state index in [1.807, 2.05) is 0 Å². The lowest BCUT2D eigenvalue weighted by atomic mass is 9.75. The number of rotatable bonds is 2. The van der Waals surface area contributed by atoms with E-state index in [0.717, 1.165) is 25.7 Å². The van der Waals surface area contributed by atoms with Crippen molar-refractivity contribution >= 4 is 0 Å². The summed E-state index contributed by atoms with van der Waals surface area (Å²) in [5.74, 6) is 0. The smallest absolute Gasteiger partial charge is 0.0239 e. The first-order valence-electron chi connectivity index (χ1n) is 7.47. The van der Waals surface area contributed by atoms with Gasteiger partial charge in [-0.25, -0.2) is 0 Å². The van der Waals surface area contributed by atoms with Crippen LogP contribution in [0.2, 0.25) is 0 Å². The van der Waals surface area contributed by atoms with Crippen LogP contribution in [-0.2, 0) is 19.3 Å². The van der Waals surface area contributed by atoms with Crippen LogP contribution in [0.15, 0.2) is 42.5 Å². The molecule has 104 valence electrons. The molecule has 0 bridgehead atoms. The molecule has 1 unspecified atom stereocenters. The van der Waals surface area contributed by atoms with Gasteiger partial charge < -0.3 is 5.73 Å². The first-order valence-corrected chi connectivity index (χ1v) is 7.47. The minimum Gasteiger partial charge on any atom is -0.324 e. The summed E-state index contributed by atoms with van der Waals surface area (Å²) in [7, 11) is 0. The summed E-state index contributed by atoms with van der Waals surface area (Å²) < 4.78 is 0. The van der Waals surface area contributed by atoms with Gasteiger partial charge in [0, 0.05) is 5.54 Å². The van der Waals surface area contributed by atoms with Crippen LogP contribution >= 0.6 is 0 Å². The fourth-order valence-electron chi connectivity index (χ4n) is 3.55. The first kappa shape index (κ1) is 13.4. The summed E-state index contributed by atoms with van der Waals surface area (Å²) in [6.07, 6.45) is 4.16. The highest BCUT2D eigenvalue weighted by Gasteiger charge is 2.30. The molecule has 1 aliphatic rings. The molecule has 0 heterocycles. The minimum absolute atomic E-state index is 0.0887. The fraction of sp³-hybridized carbons (Fsp3) is 0.368. The standard InChI is InChI=1S/C19H23N/c1-14-9-15(2)11-16(10-14)12-19(20)8-7-17-5-3-4-6-18(17)13-19/h3-6,9-11H,7-8,12-13,20H2,1-2H3. The summed E-state index contributed by atoms with van der Waals surface area (Å²) in [6, 6.07) is 15.5. The molecular formula is C19H23N. The third-order valence-corrected chi connectivity index (χ3v) is 4.39. The summed E-state index contributed by atoms with van der Waals surface area (Å²) in [5.41, 5.74) is 13.6. The molecule has 1 nitrogen and oxygen atoms in total. The van der Waals surface area contributed by atoms with Gasteiger partial charge >= 0.3 is 0 Å². The number of benzene rings is 2. The average Bonchev–Trinajstić information content (AvgIpc) is 2.36. The fourth-order valence-corrected chi connectivity index (χ4v) is 3.55. The van der Waals surface area contributed by atoms with Gasteiger partial charge in [-0.1, -0.05) is 53.6 Å². The molecule has 3 rings (SSSR count). The van der Waals surface area contributed by atoms with Crippen molar-refractivity contribution < 1.29 is 0 Å².